The Kier molecular flexibility index (Phi) is 12.1. The van der Waals surface area contributed by atoms with Crippen molar-refractivity contribution in [3.63, 3.8) is 0 Å². The van der Waals surface area contributed by atoms with Gasteiger partial charge in [0, 0.05) is 61.6 Å². The van der Waals surface area contributed by atoms with Gasteiger partial charge in [-0.15, -0.1) is 0 Å². The number of ether oxygens (including phenoxy) is 2. The van der Waals surface area contributed by atoms with Crippen molar-refractivity contribution in [2.45, 2.75) is 94.5 Å². The molecule has 2 aromatic carbocycles. The van der Waals surface area contributed by atoms with Crippen LogP contribution in [-0.2, 0) is 14.8 Å². The topological polar surface area (TPSA) is 185 Å². The number of carbonyl (C=O) groups excluding carboxylic acids is 1. The molecule has 2 aliphatic carbocycles. The highest BCUT2D eigenvalue weighted by Gasteiger charge is 2.49. The number of fused-ring (bicyclic) bond motifs is 1. The fraction of sp³-hybridized carbons (Fsp3) is 0.468. The maximum absolute atomic E-state index is 13.9. The third-order valence-corrected chi connectivity index (χ3v) is 15.1. The molecule has 4 aliphatic rings. The largest absolute Gasteiger partial charge is 0.455 e. The van der Waals surface area contributed by atoms with Crippen LogP contribution in [-0.4, -0.2) is 84.5 Å². The van der Waals surface area contributed by atoms with E-state index >= 15 is 0 Å². The van der Waals surface area contributed by atoms with Gasteiger partial charge < -0.3 is 24.7 Å². The van der Waals surface area contributed by atoms with Crippen molar-refractivity contribution < 1.29 is 27.6 Å². The molecule has 332 valence electrons. The van der Waals surface area contributed by atoms with Gasteiger partial charge in [-0.25, -0.2) is 23.1 Å². The molecule has 2 saturated heterocycles. The summed E-state index contributed by atoms with van der Waals surface area (Å²) in [5, 5.41) is 15.9. The van der Waals surface area contributed by atoms with Gasteiger partial charge in [-0.05, 0) is 91.2 Å². The number of nitrogens with one attached hydrogen (secondary N) is 3. The van der Waals surface area contributed by atoms with E-state index < -0.39 is 31.4 Å². The Morgan fingerprint density at radius 2 is 1.81 bits per heavy atom. The number of pyridine rings is 2. The number of aromatic amines is 1. The minimum atomic E-state index is -4.59. The predicted molar refractivity (Wildman–Crippen MR) is 241 cm³/mol. The summed E-state index contributed by atoms with van der Waals surface area (Å²) in [7, 11) is -4.59. The number of rotatable bonds is 13. The van der Waals surface area contributed by atoms with Crippen LogP contribution in [0.2, 0.25) is 0 Å². The van der Waals surface area contributed by atoms with Crippen LogP contribution in [0, 0.1) is 21.4 Å². The van der Waals surface area contributed by atoms with E-state index in [2.05, 4.69) is 72.9 Å². The molecule has 15 nitrogen and oxygen atoms in total. The molecule has 5 heterocycles. The van der Waals surface area contributed by atoms with Crippen LogP contribution in [0.1, 0.15) is 105 Å². The van der Waals surface area contributed by atoms with Gasteiger partial charge in [0.1, 0.15) is 22.0 Å². The number of anilines is 2. The minimum absolute atomic E-state index is 0.00937. The van der Waals surface area contributed by atoms with E-state index in [1.807, 2.05) is 12.1 Å². The fourth-order valence-electron chi connectivity index (χ4n) is 10.3. The van der Waals surface area contributed by atoms with Gasteiger partial charge in [0.25, 0.3) is 15.9 Å². The second-order valence-electron chi connectivity index (χ2n) is 18.1. The van der Waals surface area contributed by atoms with Crippen molar-refractivity contribution in [3.8, 4) is 11.5 Å². The average Bonchev–Trinajstić information content (AvgIpc) is 3.76. The van der Waals surface area contributed by atoms with E-state index in [1.54, 1.807) is 24.4 Å². The second kappa shape index (κ2) is 17.9. The number of nitro groups is 1. The van der Waals surface area contributed by atoms with Crippen LogP contribution in [0.4, 0.5) is 17.2 Å². The lowest BCUT2D eigenvalue weighted by Gasteiger charge is -2.57. The van der Waals surface area contributed by atoms with Crippen molar-refractivity contribution >= 4 is 44.2 Å². The molecule has 1 spiro atoms. The number of amides is 1. The molecule has 0 unspecified atom stereocenters. The zero-order chi connectivity index (χ0) is 43.7. The summed E-state index contributed by atoms with van der Waals surface area (Å²) in [6.07, 6.45) is 14.1. The molecule has 3 aromatic heterocycles. The van der Waals surface area contributed by atoms with Crippen molar-refractivity contribution in [1.29, 1.82) is 0 Å². The third kappa shape index (κ3) is 9.11. The summed E-state index contributed by atoms with van der Waals surface area (Å²) < 4.78 is 41.8. The molecule has 0 radical (unpaired) electrons. The van der Waals surface area contributed by atoms with E-state index in [1.165, 1.54) is 23.7 Å². The van der Waals surface area contributed by atoms with Gasteiger partial charge in [-0.3, -0.25) is 19.8 Å². The van der Waals surface area contributed by atoms with E-state index in [4.69, 9.17) is 9.47 Å². The van der Waals surface area contributed by atoms with Gasteiger partial charge >= 0.3 is 5.69 Å². The number of hydrogen-bond donors (Lipinski definition) is 3. The summed E-state index contributed by atoms with van der Waals surface area (Å²) in [5.74, 6) is 0.347. The number of carbonyl (C=O) groups is 1. The number of morpholine rings is 1. The predicted octanol–water partition coefficient (Wildman–Crippen LogP) is 8.72. The molecule has 1 atom stereocenters. The van der Waals surface area contributed by atoms with Gasteiger partial charge in [0.05, 0.1) is 42.1 Å². The lowest BCUT2D eigenvalue weighted by molar-refractivity contribution is -0.384. The number of sulfonamides is 1. The van der Waals surface area contributed by atoms with Gasteiger partial charge in [0.15, 0.2) is 0 Å². The normalized spacial score (nSPS) is 19.9. The number of aromatic nitrogens is 3. The first-order valence-corrected chi connectivity index (χ1v) is 23.8. The highest BCUT2D eigenvalue weighted by Crippen LogP contribution is 2.53. The molecule has 63 heavy (non-hydrogen) atoms. The summed E-state index contributed by atoms with van der Waals surface area (Å²) >= 11 is 0. The third-order valence-electron chi connectivity index (χ3n) is 13.8. The van der Waals surface area contributed by atoms with Gasteiger partial charge in [0.2, 0.25) is 5.82 Å². The molecule has 16 heteroatoms. The highest BCUT2D eigenvalue weighted by atomic mass is 32.2. The molecule has 9 rings (SSSR count). The standard InChI is InChI=1S/C47H56N8O7S/c1-31(2)38-10-6-7-11-39(38)42-30-61-21-20-54(42)35-25-47(26-35)15-18-53(19-16-47)34-12-13-40(43(23-34)62-36-22-33-14-17-48-44(33)50-28-36)46(56)52-63(59,60)37-24-41(55(57)58)45(51-29-37)49-27-32-8-4-3-5-9-32/h6-7,10-14,17,22-24,28-29,31-32,35,42H,3-5,8-9,15-16,18-21,25-27,30H2,1-2H3,(H,48,50)(H,49,51)(H,52,56)/t42-/m0/s1. The van der Waals surface area contributed by atoms with Crippen molar-refractivity contribution in [1.82, 2.24) is 24.6 Å². The van der Waals surface area contributed by atoms with E-state index in [9.17, 15) is 23.3 Å². The minimum Gasteiger partial charge on any atom is -0.455 e. The van der Waals surface area contributed by atoms with Crippen molar-refractivity contribution in [3.05, 3.63) is 106 Å². The fourth-order valence-corrected chi connectivity index (χ4v) is 11.2. The lowest BCUT2D eigenvalue weighted by atomic mass is 9.59. The number of piperidine rings is 1. The van der Waals surface area contributed by atoms with Crippen molar-refractivity contribution in [2.24, 2.45) is 11.3 Å². The van der Waals surface area contributed by atoms with Crippen LogP contribution in [0.5, 0.6) is 11.5 Å². The van der Waals surface area contributed by atoms with E-state index in [0.717, 1.165) is 101 Å². The van der Waals surface area contributed by atoms with Crippen LogP contribution < -0.4 is 19.7 Å². The van der Waals surface area contributed by atoms with Crippen LogP contribution in [0.15, 0.2) is 84.1 Å². The van der Waals surface area contributed by atoms with Gasteiger partial charge in [-0.1, -0.05) is 57.4 Å². The van der Waals surface area contributed by atoms with E-state index in [0.29, 0.717) is 42.4 Å². The Labute approximate surface area is 368 Å². The molecule has 5 aromatic rings. The smallest absolute Gasteiger partial charge is 0.312 e. The quantitative estimate of drug-likeness (QED) is 0.0756. The first kappa shape index (κ1) is 42.7. The van der Waals surface area contributed by atoms with Crippen molar-refractivity contribution in [2.75, 3.05) is 49.6 Å². The maximum atomic E-state index is 13.9. The average molecular weight is 877 g/mol. The zero-order valence-corrected chi connectivity index (χ0v) is 36.7. The first-order chi connectivity index (χ1) is 30.4. The Morgan fingerprint density at radius 1 is 1.02 bits per heavy atom. The number of benzene rings is 2. The Bertz CT molecular complexity index is 2580. The molecule has 4 fully saturated rings. The SMILES string of the molecule is CC(C)c1ccccc1[C@@H]1COCCN1C1CC2(CCN(c3ccc(C(=O)NS(=O)(=O)c4cnc(NCC5CCCCC5)c([N+](=O)[O-])c4)c(Oc4cnc5[nH]ccc5c4)c3)CC2)C1. The van der Waals surface area contributed by atoms with Crippen LogP contribution >= 0.6 is 0 Å². The monoisotopic (exact) mass is 876 g/mol. The van der Waals surface area contributed by atoms with Crippen LogP contribution in [0.25, 0.3) is 11.0 Å². The summed E-state index contributed by atoms with van der Waals surface area (Å²) in [6, 6.07) is 19.3. The summed E-state index contributed by atoms with van der Waals surface area (Å²) in [6.45, 7) is 9.06. The molecule has 1 amide bonds. The molecule has 2 aliphatic heterocycles. The summed E-state index contributed by atoms with van der Waals surface area (Å²) in [5.41, 5.74) is 4.04. The second-order valence-corrected chi connectivity index (χ2v) is 19.8. The Balaban J connectivity index is 0.905. The summed E-state index contributed by atoms with van der Waals surface area (Å²) in [4.78, 5) is 41.5. The first-order valence-electron chi connectivity index (χ1n) is 22.3. The molecular formula is C47H56N8O7S. The van der Waals surface area contributed by atoms with Gasteiger partial charge in [-0.2, -0.15) is 0 Å². The van der Waals surface area contributed by atoms with E-state index in [-0.39, 0.29) is 28.6 Å². The number of hydrogen-bond acceptors (Lipinski definition) is 12. The molecular weight excluding hydrogens is 821 g/mol. The Morgan fingerprint density at radius 3 is 2.59 bits per heavy atom. The lowest BCUT2D eigenvalue weighted by Crippen LogP contribution is -2.58. The maximum Gasteiger partial charge on any atom is 0.312 e. The van der Waals surface area contributed by atoms with Crippen LogP contribution in [0.3, 0.4) is 0 Å². The molecule has 0 bridgehead atoms. The molecule has 2 saturated carbocycles. The number of nitrogens with zero attached hydrogens (tertiary/aromatic N) is 5. The number of H-pyrrole nitrogens is 1. The zero-order valence-electron chi connectivity index (χ0n) is 35.9. The molecule has 3 N–H and O–H groups in total. The Hall–Kier alpha value is -5.58. The highest BCUT2D eigenvalue weighted by molar-refractivity contribution is 7.90.